The Hall–Kier alpha value is -4.69. The summed E-state index contributed by atoms with van der Waals surface area (Å²) in [5, 5.41) is 17.5. The van der Waals surface area contributed by atoms with Crippen molar-refractivity contribution in [2.24, 2.45) is 7.05 Å². The molecule has 2 aromatic carbocycles. The highest BCUT2D eigenvalue weighted by atomic mass is 16.5. The van der Waals surface area contributed by atoms with E-state index in [-0.39, 0.29) is 0 Å². The van der Waals surface area contributed by atoms with Crippen molar-refractivity contribution >= 4 is 22.5 Å². The molecule has 1 unspecified atom stereocenters. The van der Waals surface area contributed by atoms with Gasteiger partial charge in [-0.15, -0.1) is 0 Å². The van der Waals surface area contributed by atoms with Crippen LogP contribution in [-0.2, 0) is 20.0 Å². The number of hydrogen-bond acceptors (Lipinski definition) is 7. The van der Waals surface area contributed by atoms with Crippen LogP contribution in [0.3, 0.4) is 0 Å². The average molecular weight is 519 g/mol. The number of aliphatic hydroxyl groups is 1. The van der Waals surface area contributed by atoms with Crippen LogP contribution in [0.15, 0.2) is 73.6 Å². The van der Waals surface area contributed by atoms with Crippen molar-refractivity contribution in [2.75, 3.05) is 10.6 Å². The standard InChI is InChI=1S/C31H30N6O2/c1-5-21-23-16-32-30-28-27(22(23)14-15-24(21)39-26-9-7-8-18(3)35-26)29(37(4)31(28)34-17-33-30)19-10-12-20(13-11-19)36-25(38)6-2/h6-15,17,25,36,38H,2,5,16H2,1,3-4H3,(H,32,33,34). The number of fused-ring (bicyclic) bond motifs is 2. The average Bonchev–Trinajstić information content (AvgIpc) is 3.14. The summed E-state index contributed by atoms with van der Waals surface area (Å²) in [5.41, 5.74) is 9.16. The molecule has 3 N–H and O–H groups in total. The number of benzene rings is 2. The van der Waals surface area contributed by atoms with Crippen molar-refractivity contribution in [1.29, 1.82) is 0 Å². The summed E-state index contributed by atoms with van der Waals surface area (Å²) in [4.78, 5) is 13.8. The third-order valence-corrected chi connectivity index (χ3v) is 7.18. The van der Waals surface area contributed by atoms with Gasteiger partial charge in [0.1, 0.15) is 29.8 Å². The van der Waals surface area contributed by atoms with E-state index in [0.717, 1.165) is 68.4 Å². The van der Waals surface area contributed by atoms with Crippen LogP contribution in [0.1, 0.15) is 23.7 Å². The number of rotatable bonds is 7. The highest BCUT2D eigenvalue weighted by molar-refractivity contribution is 6.09. The highest BCUT2D eigenvalue weighted by Crippen LogP contribution is 2.47. The van der Waals surface area contributed by atoms with E-state index in [9.17, 15) is 5.11 Å². The molecule has 4 heterocycles. The van der Waals surface area contributed by atoms with Crippen molar-refractivity contribution in [3.05, 3.63) is 90.4 Å². The monoisotopic (exact) mass is 518 g/mol. The Labute approximate surface area is 227 Å². The fraction of sp³-hybridized carbons (Fsp3) is 0.194. The minimum Gasteiger partial charge on any atom is -0.439 e. The second kappa shape index (κ2) is 9.89. The topological polar surface area (TPSA) is 97.1 Å². The smallest absolute Gasteiger partial charge is 0.219 e. The normalized spacial score (nSPS) is 12.8. The van der Waals surface area contributed by atoms with Crippen molar-refractivity contribution in [3.63, 3.8) is 0 Å². The van der Waals surface area contributed by atoms with E-state index < -0.39 is 6.23 Å². The summed E-state index contributed by atoms with van der Waals surface area (Å²) in [6, 6.07) is 18.0. The Morgan fingerprint density at radius 2 is 1.97 bits per heavy atom. The van der Waals surface area contributed by atoms with Crippen LogP contribution >= 0.6 is 0 Å². The second-order valence-corrected chi connectivity index (χ2v) is 9.60. The van der Waals surface area contributed by atoms with E-state index in [1.54, 1.807) is 6.33 Å². The van der Waals surface area contributed by atoms with Gasteiger partial charge in [0.05, 0.1) is 11.1 Å². The van der Waals surface area contributed by atoms with Crippen molar-refractivity contribution in [1.82, 2.24) is 19.5 Å². The predicted octanol–water partition coefficient (Wildman–Crippen LogP) is 6.20. The molecule has 0 radical (unpaired) electrons. The first-order valence-electron chi connectivity index (χ1n) is 13.0. The van der Waals surface area contributed by atoms with Gasteiger partial charge in [-0.1, -0.05) is 37.8 Å². The van der Waals surface area contributed by atoms with Gasteiger partial charge in [-0.25, -0.2) is 15.0 Å². The molecule has 6 rings (SSSR count). The van der Waals surface area contributed by atoms with Gasteiger partial charge in [0.15, 0.2) is 0 Å². The van der Waals surface area contributed by atoms with Gasteiger partial charge in [0, 0.05) is 42.2 Å². The predicted molar refractivity (Wildman–Crippen MR) is 155 cm³/mol. The Bertz CT molecular complexity index is 1710. The fourth-order valence-electron chi connectivity index (χ4n) is 5.39. The van der Waals surface area contributed by atoms with Crippen LogP contribution in [0, 0.1) is 6.92 Å². The second-order valence-electron chi connectivity index (χ2n) is 9.60. The lowest BCUT2D eigenvalue weighted by atomic mass is 9.91. The SMILES string of the molecule is C=CC(O)Nc1ccc(-c2c3c4c(ncnc4n2C)NCc2c-3ccc(Oc3cccc(C)n3)c2CC)cc1. The molecule has 5 aromatic rings. The van der Waals surface area contributed by atoms with Crippen LogP contribution in [0.25, 0.3) is 33.4 Å². The van der Waals surface area contributed by atoms with E-state index >= 15 is 0 Å². The maximum Gasteiger partial charge on any atom is 0.219 e. The van der Waals surface area contributed by atoms with Gasteiger partial charge in [0.2, 0.25) is 5.88 Å². The minimum absolute atomic E-state index is 0.582. The summed E-state index contributed by atoms with van der Waals surface area (Å²) in [7, 11) is 2.04. The number of aromatic nitrogens is 4. The Balaban J connectivity index is 1.53. The van der Waals surface area contributed by atoms with Crippen molar-refractivity contribution < 1.29 is 9.84 Å². The summed E-state index contributed by atoms with van der Waals surface area (Å²) < 4.78 is 8.43. The molecular formula is C31H30N6O2. The maximum absolute atomic E-state index is 9.91. The zero-order valence-corrected chi connectivity index (χ0v) is 22.2. The molecule has 0 bridgehead atoms. The van der Waals surface area contributed by atoms with Crippen LogP contribution < -0.4 is 15.4 Å². The summed E-state index contributed by atoms with van der Waals surface area (Å²) in [6.45, 7) is 8.35. The first-order chi connectivity index (χ1) is 19.0. The quantitative estimate of drug-likeness (QED) is 0.174. The molecule has 39 heavy (non-hydrogen) atoms. The zero-order chi connectivity index (χ0) is 27.1. The third kappa shape index (κ3) is 4.28. The Morgan fingerprint density at radius 1 is 1.15 bits per heavy atom. The number of pyridine rings is 1. The minimum atomic E-state index is -0.812. The number of aliphatic hydroxyl groups excluding tert-OH is 1. The molecule has 1 aliphatic heterocycles. The number of anilines is 2. The van der Waals surface area contributed by atoms with Gasteiger partial charge in [-0.2, -0.15) is 0 Å². The first-order valence-corrected chi connectivity index (χ1v) is 13.0. The van der Waals surface area contributed by atoms with E-state index in [1.165, 1.54) is 11.6 Å². The van der Waals surface area contributed by atoms with Crippen LogP contribution in [0.5, 0.6) is 11.6 Å². The Morgan fingerprint density at radius 3 is 2.72 bits per heavy atom. The lowest BCUT2D eigenvalue weighted by Gasteiger charge is -2.18. The van der Waals surface area contributed by atoms with Crippen molar-refractivity contribution in [2.45, 2.75) is 33.0 Å². The molecule has 0 aliphatic carbocycles. The van der Waals surface area contributed by atoms with Gasteiger partial charge in [-0.3, -0.25) is 0 Å². The lowest BCUT2D eigenvalue weighted by Crippen LogP contribution is -2.14. The first kappa shape index (κ1) is 24.6. The number of nitrogens with one attached hydrogen (secondary N) is 2. The summed E-state index contributed by atoms with van der Waals surface area (Å²) in [6.07, 6.45) is 3.04. The van der Waals surface area contributed by atoms with Gasteiger partial charge < -0.3 is 25.0 Å². The van der Waals surface area contributed by atoms with Gasteiger partial charge in [-0.05, 0) is 60.4 Å². The molecule has 0 saturated heterocycles. The zero-order valence-electron chi connectivity index (χ0n) is 22.2. The van der Waals surface area contributed by atoms with Gasteiger partial charge >= 0.3 is 0 Å². The van der Waals surface area contributed by atoms with Gasteiger partial charge in [0.25, 0.3) is 0 Å². The molecule has 0 saturated carbocycles. The molecular weight excluding hydrogens is 488 g/mol. The van der Waals surface area contributed by atoms with E-state index in [0.29, 0.717) is 12.4 Å². The van der Waals surface area contributed by atoms with Crippen LogP contribution in [-0.4, -0.2) is 30.9 Å². The summed E-state index contributed by atoms with van der Waals surface area (Å²) >= 11 is 0. The number of nitrogens with zero attached hydrogens (tertiary/aromatic N) is 4. The third-order valence-electron chi connectivity index (χ3n) is 7.18. The lowest BCUT2D eigenvalue weighted by molar-refractivity contribution is 0.253. The Kier molecular flexibility index (Phi) is 6.24. The molecule has 8 heteroatoms. The number of hydrogen-bond donors (Lipinski definition) is 3. The molecule has 0 amide bonds. The number of aryl methyl sites for hydroxylation is 2. The molecule has 8 nitrogen and oxygen atoms in total. The van der Waals surface area contributed by atoms with Crippen LogP contribution in [0.2, 0.25) is 0 Å². The molecule has 196 valence electrons. The van der Waals surface area contributed by atoms with Crippen LogP contribution in [0.4, 0.5) is 11.5 Å². The molecule has 1 atom stereocenters. The largest absolute Gasteiger partial charge is 0.439 e. The summed E-state index contributed by atoms with van der Waals surface area (Å²) in [5.74, 6) is 2.20. The van der Waals surface area contributed by atoms with Crippen molar-refractivity contribution in [3.8, 4) is 34.0 Å². The maximum atomic E-state index is 9.91. The number of ether oxygens (including phenoxy) is 1. The molecule has 3 aromatic heterocycles. The van der Waals surface area contributed by atoms with E-state index in [1.807, 2.05) is 50.4 Å². The molecule has 0 fully saturated rings. The van der Waals surface area contributed by atoms with E-state index in [2.05, 4.69) is 61.9 Å². The fourth-order valence-corrected chi connectivity index (χ4v) is 5.39. The van der Waals surface area contributed by atoms with E-state index in [4.69, 9.17) is 4.74 Å². The highest BCUT2D eigenvalue weighted by Gasteiger charge is 2.28. The molecule has 0 spiro atoms. The molecule has 1 aliphatic rings.